The number of hydrogen-bond acceptors (Lipinski definition) is 2. The third-order valence-electron chi connectivity index (χ3n) is 5.39. The van der Waals surface area contributed by atoms with Gasteiger partial charge in [0.1, 0.15) is 0 Å². The van der Waals surface area contributed by atoms with Gasteiger partial charge in [0, 0.05) is 12.0 Å². The third-order valence-corrected chi connectivity index (χ3v) is 6.44. The smallest absolute Gasteiger partial charge is 0.00783 e. The lowest BCUT2D eigenvalue weighted by molar-refractivity contribution is 0.297. The molecule has 1 aliphatic carbocycles. The van der Waals surface area contributed by atoms with E-state index in [1.165, 1.54) is 56.5 Å². The Hall–Kier alpha value is -0.470. The van der Waals surface area contributed by atoms with E-state index in [0.717, 1.165) is 12.5 Å². The summed E-state index contributed by atoms with van der Waals surface area (Å²) in [6.45, 7) is 0.825. The molecule has 20 heavy (non-hydrogen) atoms. The van der Waals surface area contributed by atoms with Gasteiger partial charge in [-0.2, -0.15) is 11.8 Å². The zero-order valence-electron chi connectivity index (χ0n) is 12.4. The van der Waals surface area contributed by atoms with Crippen LogP contribution in [0.4, 0.5) is 0 Å². The second-order valence-corrected chi connectivity index (χ2v) is 7.74. The molecule has 1 nitrogen and oxygen atoms in total. The summed E-state index contributed by atoms with van der Waals surface area (Å²) in [6, 6.07) is 9.23. The summed E-state index contributed by atoms with van der Waals surface area (Å²) in [5.41, 5.74) is 9.76. The number of benzene rings is 1. The zero-order valence-corrected chi connectivity index (χ0v) is 13.3. The minimum atomic E-state index is 0.277. The highest BCUT2D eigenvalue weighted by Crippen LogP contribution is 2.43. The molecule has 110 valence electrons. The van der Waals surface area contributed by atoms with Gasteiger partial charge in [-0.15, -0.1) is 0 Å². The number of hydrogen-bond donors (Lipinski definition) is 1. The Balaban J connectivity index is 1.95. The molecule has 1 heterocycles. The third kappa shape index (κ3) is 2.78. The van der Waals surface area contributed by atoms with Crippen LogP contribution in [0.25, 0.3) is 0 Å². The van der Waals surface area contributed by atoms with Crippen molar-refractivity contribution in [3.05, 3.63) is 35.4 Å². The Labute approximate surface area is 127 Å². The molecule has 0 amide bonds. The van der Waals surface area contributed by atoms with Crippen LogP contribution < -0.4 is 5.73 Å². The number of thioether (sulfide) groups is 1. The Kier molecular flexibility index (Phi) is 4.72. The lowest BCUT2D eigenvalue weighted by Crippen LogP contribution is -2.38. The molecular weight excluding hydrogens is 262 g/mol. The fourth-order valence-electron chi connectivity index (χ4n) is 4.16. The lowest BCUT2D eigenvalue weighted by Gasteiger charge is -2.40. The van der Waals surface area contributed by atoms with Crippen LogP contribution >= 0.6 is 11.8 Å². The summed E-state index contributed by atoms with van der Waals surface area (Å²) in [4.78, 5) is 0. The first kappa shape index (κ1) is 14.5. The van der Waals surface area contributed by atoms with Crippen LogP contribution in [0.3, 0.4) is 0 Å². The van der Waals surface area contributed by atoms with Gasteiger partial charge >= 0.3 is 0 Å². The van der Waals surface area contributed by atoms with E-state index in [-0.39, 0.29) is 5.41 Å². The topological polar surface area (TPSA) is 26.0 Å². The van der Waals surface area contributed by atoms with Crippen LogP contribution in [0.1, 0.15) is 62.0 Å². The minimum absolute atomic E-state index is 0.277. The largest absolute Gasteiger partial charge is 0.330 e. The molecule has 1 aliphatic heterocycles. The molecular formula is C18H27NS. The molecule has 1 aromatic rings. The lowest BCUT2D eigenvalue weighted by atomic mass is 9.66. The van der Waals surface area contributed by atoms with E-state index in [0.29, 0.717) is 0 Å². The van der Waals surface area contributed by atoms with Crippen LogP contribution in [0.15, 0.2) is 24.3 Å². The maximum atomic E-state index is 6.26. The van der Waals surface area contributed by atoms with Crippen LogP contribution in [0, 0.1) is 0 Å². The maximum absolute atomic E-state index is 6.26. The first-order chi connectivity index (χ1) is 9.86. The summed E-state index contributed by atoms with van der Waals surface area (Å²) in [5.74, 6) is 3.43. The molecule has 0 atom stereocenters. The van der Waals surface area contributed by atoms with Crippen molar-refractivity contribution in [2.45, 2.75) is 56.3 Å². The van der Waals surface area contributed by atoms with Crippen LogP contribution in [-0.2, 0) is 5.41 Å². The van der Waals surface area contributed by atoms with E-state index >= 15 is 0 Å². The Morgan fingerprint density at radius 2 is 1.75 bits per heavy atom. The van der Waals surface area contributed by atoms with E-state index in [4.69, 9.17) is 5.73 Å². The molecule has 2 fully saturated rings. The van der Waals surface area contributed by atoms with Crippen molar-refractivity contribution in [2.75, 3.05) is 18.1 Å². The molecule has 0 spiro atoms. The quantitative estimate of drug-likeness (QED) is 0.889. The van der Waals surface area contributed by atoms with Crippen molar-refractivity contribution in [3.8, 4) is 0 Å². The predicted octanol–water partition coefficient (Wildman–Crippen LogP) is 4.46. The molecule has 0 radical (unpaired) electrons. The van der Waals surface area contributed by atoms with Crippen molar-refractivity contribution >= 4 is 11.8 Å². The molecule has 1 saturated carbocycles. The van der Waals surface area contributed by atoms with Crippen LogP contribution in [0.2, 0.25) is 0 Å². The van der Waals surface area contributed by atoms with Crippen LogP contribution in [0.5, 0.6) is 0 Å². The van der Waals surface area contributed by atoms with Gasteiger partial charge in [0.2, 0.25) is 0 Å². The van der Waals surface area contributed by atoms with E-state index in [1.54, 1.807) is 11.1 Å². The summed E-state index contributed by atoms with van der Waals surface area (Å²) in [6.07, 6.45) is 9.39. The average Bonchev–Trinajstić information content (AvgIpc) is 2.56. The van der Waals surface area contributed by atoms with E-state index < -0.39 is 0 Å². The highest BCUT2D eigenvalue weighted by Gasteiger charge is 2.35. The van der Waals surface area contributed by atoms with Gasteiger partial charge < -0.3 is 5.73 Å². The molecule has 0 bridgehead atoms. The second kappa shape index (κ2) is 6.53. The van der Waals surface area contributed by atoms with Gasteiger partial charge in [-0.25, -0.2) is 0 Å². The summed E-state index contributed by atoms with van der Waals surface area (Å²) < 4.78 is 0. The molecule has 0 aromatic heterocycles. The number of nitrogens with two attached hydrogens (primary N) is 1. The normalized spacial score (nSPS) is 23.6. The molecule has 3 rings (SSSR count). The Bertz CT molecular complexity index is 431. The molecule has 0 unspecified atom stereocenters. The van der Waals surface area contributed by atoms with Gasteiger partial charge in [0.15, 0.2) is 0 Å². The van der Waals surface area contributed by atoms with Crippen molar-refractivity contribution in [1.82, 2.24) is 0 Å². The monoisotopic (exact) mass is 289 g/mol. The summed E-state index contributed by atoms with van der Waals surface area (Å²) in [7, 11) is 0. The molecule has 1 saturated heterocycles. The zero-order chi connectivity index (χ0) is 13.8. The molecule has 1 aromatic carbocycles. The average molecular weight is 289 g/mol. The fourth-order valence-corrected chi connectivity index (χ4v) is 5.26. The SMILES string of the molecule is NCC1(c2ccccc2C2CCSCC2)CCCCC1. The fraction of sp³-hybridized carbons (Fsp3) is 0.667. The predicted molar refractivity (Wildman–Crippen MR) is 89.6 cm³/mol. The Morgan fingerprint density at radius 1 is 1.05 bits per heavy atom. The first-order valence-electron chi connectivity index (χ1n) is 8.23. The minimum Gasteiger partial charge on any atom is -0.330 e. The Morgan fingerprint density at radius 3 is 2.45 bits per heavy atom. The van der Waals surface area contributed by atoms with Crippen LogP contribution in [-0.4, -0.2) is 18.1 Å². The van der Waals surface area contributed by atoms with Gasteiger partial charge in [-0.1, -0.05) is 43.5 Å². The van der Waals surface area contributed by atoms with E-state index in [2.05, 4.69) is 36.0 Å². The van der Waals surface area contributed by atoms with Crippen molar-refractivity contribution in [3.63, 3.8) is 0 Å². The summed E-state index contributed by atoms with van der Waals surface area (Å²) >= 11 is 2.11. The summed E-state index contributed by atoms with van der Waals surface area (Å²) in [5, 5.41) is 0. The standard InChI is InChI=1S/C18H27NS/c19-14-18(10-4-1-5-11-18)17-7-3-2-6-16(17)15-8-12-20-13-9-15/h2-3,6-7,15H,1,4-5,8-14,19H2. The van der Waals surface area contributed by atoms with E-state index in [1.807, 2.05) is 0 Å². The highest BCUT2D eigenvalue weighted by atomic mass is 32.2. The van der Waals surface area contributed by atoms with Crippen molar-refractivity contribution in [1.29, 1.82) is 0 Å². The van der Waals surface area contributed by atoms with Gasteiger partial charge in [-0.3, -0.25) is 0 Å². The van der Waals surface area contributed by atoms with Gasteiger partial charge in [-0.05, 0) is 54.2 Å². The highest BCUT2D eigenvalue weighted by molar-refractivity contribution is 7.99. The van der Waals surface area contributed by atoms with Crippen molar-refractivity contribution < 1.29 is 0 Å². The van der Waals surface area contributed by atoms with Gasteiger partial charge in [0.05, 0.1) is 0 Å². The molecule has 2 aliphatic rings. The van der Waals surface area contributed by atoms with Gasteiger partial charge in [0.25, 0.3) is 0 Å². The second-order valence-electron chi connectivity index (χ2n) is 6.52. The molecule has 2 heteroatoms. The maximum Gasteiger partial charge on any atom is 0.00783 e. The van der Waals surface area contributed by atoms with Crippen molar-refractivity contribution in [2.24, 2.45) is 5.73 Å². The van der Waals surface area contributed by atoms with E-state index in [9.17, 15) is 0 Å². The number of rotatable bonds is 3. The molecule has 2 N–H and O–H groups in total. The first-order valence-corrected chi connectivity index (χ1v) is 9.38.